The highest BCUT2D eigenvalue weighted by molar-refractivity contribution is 9.10. The van der Waals surface area contributed by atoms with E-state index in [1.807, 2.05) is 12.1 Å². The molecule has 7 heteroatoms. The second kappa shape index (κ2) is 7.87. The van der Waals surface area contributed by atoms with Gasteiger partial charge in [-0.15, -0.1) is 0 Å². The largest absolute Gasteiger partial charge is 0.455 e. The lowest BCUT2D eigenvalue weighted by Crippen LogP contribution is -2.17. The Morgan fingerprint density at radius 2 is 1.88 bits per heavy atom. The molecule has 1 N–H and O–H groups in total. The molecule has 126 valence electrons. The molecule has 0 unspecified atom stereocenters. The molecule has 25 heavy (non-hydrogen) atoms. The van der Waals surface area contributed by atoms with Gasteiger partial charge in [-0.05, 0) is 58.4 Å². The molecule has 0 saturated carbocycles. The fourth-order valence-electron chi connectivity index (χ4n) is 2.09. The molecule has 0 aliphatic rings. The molecular formula is C18H11BrCl2N2O2. The summed E-state index contributed by atoms with van der Waals surface area (Å²) in [5.41, 5.74) is 3.75. The van der Waals surface area contributed by atoms with Gasteiger partial charge in [0.15, 0.2) is 0 Å². The number of furan rings is 1. The normalized spacial score (nSPS) is 11.0. The van der Waals surface area contributed by atoms with Crippen LogP contribution in [0.2, 0.25) is 10.0 Å². The molecule has 1 amide bonds. The Morgan fingerprint density at radius 1 is 1.08 bits per heavy atom. The van der Waals surface area contributed by atoms with Crippen molar-refractivity contribution >= 4 is 51.3 Å². The summed E-state index contributed by atoms with van der Waals surface area (Å²) in [7, 11) is 0. The Bertz CT molecular complexity index is 954. The molecule has 0 spiro atoms. The summed E-state index contributed by atoms with van der Waals surface area (Å²) in [6, 6.07) is 15.9. The number of benzene rings is 2. The van der Waals surface area contributed by atoms with Gasteiger partial charge in [0.2, 0.25) is 0 Å². The van der Waals surface area contributed by atoms with Crippen LogP contribution in [0, 0.1) is 0 Å². The molecule has 1 aromatic heterocycles. The van der Waals surface area contributed by atoms with E-state index in [1.54, 1.807) is 42.5 Å². The van der Waals surface area contributed by atoms with E-state index in [1.165, 1.54) is 6.21 Å². The SMILES string of the molecule is O=C(N/N=C\c1ccc(-c2ccc(Cl)c(Cl)c2)o1)c1ccccc1Br. The van der Waals surface area contributed by atoms with E-state index in [0.717, 1.165) is 5.56 Å². The molecule has 0 atom stereocenters. The minimum atomic E-state index is -0.319. The molecule has 3 rings (SSSR count). The number of carbonyl (C=O) groups is 1. The lowest BCUT2D eigenvalue weighted by Gasteiger charge is -2.01. The average molecular weight is 438 g/mol. The number of amides is 1. The summed E-state index contributed by atoms with van der Waals surface area (Å²) in [4.78, 5) is 12.0. The van der Waals surface area contributed by atoms with Gasteiger partial charge in [-0.3, -0.25) is 4.79 Å². The Morgan fingerprint density at radius 3 is 2.64 bits per heavy atom. The molecule has 2 aromatic carbocycles. The van der Waals surface area contributed by atoms with Crippen LogP contribution in [-0.4, -0.2) is 12.1 Å². The van der Waals surface area contributed by atoms with Crippen LogP contribution >= 0.6 is 39.1 Å². The first-order valence-electron chi connectivity index (χ1n) is 7.18. The molecule has 0 aliphatic carbocycles. The van der Waals surface area contributed by atoms with Crippen LogP contribution in [0.1, 0.15) is 16.1 Å². The van der Waals surface area contributed by atoms with E-state index >= 15 is 0 Å². The molecule has 0 fully saturated rings. The molecule has 1 heterocycles. The summed E-state index contributed by atoms with van der Waals surface area (Å²) in [5.74, 6) is 0.797. The van der Waals surface area contributed by atoms with E-state index in [2.05, 4.69) is 26.5 Å². The van der Waals surface area contributed by atoms with Crippen LogP contribution in [-0.2, 0) is 0 Å². The predicted molar refractivity (Wildman–Crippen MR) is 103 cm³/mol. The molecule has 0 radical (unpaired) electrons. The van der Waals surface area contributed by atoms with E-state index in [-0.39, 0.29) is 5.91 Å². The number of rotatable bonds is 4. The standard InChI is InChI=1S/C18H11BrCl2N2O2/c19-14-4-2-1-3-13(14)18(24)23-22-10-12-6-8-17(25-12)11-5-7-15(20)16(21)9-11/h1-10H,(H,23,24)/b22-10-. The van der Waals surface area contributed by atoms with Crippen molar-refractivity contribution in [1.29, 1.82) is 0 Å². The average Bonchev–Trinajstić information content (AvgIpc) is 3.06. The molecular weight excluding hydrogens is 427 g/mol. The monoisotopic (exact) mass is 436 g/mol. The summed E-state index contributed by atoms with van der Waals surface area (Å²) in [6.07, 6.45) is 1.43. The van der Waals surface area contributed by atoms with Gasteiger partial charge in [-0.1, -0.05) is 35.3 Å². The Hall–Kier alpha value is -2.08. The zero-order chi connectivity index (χ0) is 17.8. The highest BCUT2D eigenvalue weighted by Gasteiger charge is 2.08. The second-order valence-electron chi connectivity index (χ2n) is 5.01. The topological polar surface area (TPSA) is 54.6 Å². The van der Waals surface area contributed by atoms with Crippen LogP contribution < -0.4 is 5.43 Å². The maximum Gasteiger partial charge on any atom is 0.272 e. The lowest BCUT2D eigenvalue weighted by atomic mass is 10.2. The number of hydrogen-bond acceptors (Lipinski definition) is 3. The number of nitrogens with one attached hydrogen (secondary N) is 1. The highest BCUT2D eigenvalue weighted by atomic mass is 79.9. The maximum atomic E-state index is 12.0. The van der Waals surface area contributed by atoms with Crippen LogP contribution in [0.15, 0.2) is 68.6 Å². The van der Waals surface area contributed by atoms with Gasteiger partial charge < -0.3 is 4.42 Å². The minimum Gasteiger partial charge on any atom is -0.455 e. The van der Waals surface area contributed by atoms with Crippen molar-refractivity contribution in [3.05, 3.63) is 80.4 Å². The van der Waals surface area contributed by atoms with E-state index < -0.39 is 0 Å². The van der Waals surface area contributed by atoms with Crippen LogP contribution in [0.4, 0.5) is 0 Å². The zero-order valence-electron chi connectivity index (χ0n) is 12.7. The van der Waals surface area contributed by atoms with Crippen LogP contribution in [0.5, 0.6) is 0 Å². The third-order valence-electron chi connectivity index (χ3n) is 3.31. The molecule has 0 aliphatic heterocycles. The third-order valence-corrected chi connectivity index (χ3v) is 4.74. The number of nitrogens with zero attached hydrogens (tertiary/aromatic N) is 1. The van der Waals surface area contributed by atoms with E-state index in [4.69, 9.17) is 27.6 Å². The Labute approximate surface area is 162 Å². The van der Waals surface area contributed by atoms with Gasteiger partial charge in [-0.25, -0.2) is 5.43 Å². The number of halogens is 3. The van der Waals surface area contributed by atoms with Crippen molar-refractivity contribution in [3.8, 4) is 11.3 Å². The number of hydrogen-bond donors (Lipinski definition) is 1. The maximum absolute atomic E-state index is 12.0. The van der Waals surface area contributed by atoms with E-state index in [9.17, 15) is 4.79 Å². The van der Waals surface area contributed by atoms with Crippen molar-refractivity contribution in [2.24, 2.45) is 5.10 Å². The summed E-state index contributed by atoms with van der Waals surface area (Å²) in [6.45, 7) is 0. The highest BCUT2D eigenvalue weighted by Crippen LogP contribution is 2.29. The van der Waals surface area contributed by atoms with Crippen molar-refractivity contribution in [2.75, 3.05) is 0 Å². The van der Waals surface area contributed by atoms with Crippen molar-refractivity contribution in [3.63, 3.8) is 0 Å². The zero-order valence-corrected chi connectivity index (χ0v) is 15.8. The first kappa shape index (κ1) is 17.7. The molecule has 0 saturated heterocycles. The van der Waals surface area contributed by atoms with Crippen molar-refractivity contribution < 1.29 is 9.21 Å². The lowest BCUT2D eigenvalue weighted by molar-refractivity contribution is 0.0954. The van der Waals surface area contributed by atoms with Gasteiger partial charge in [0.25, 0.3) is 5.91 Å². The van der Waals surface area contributed by atoms with E-state index in [0.29, 0.717) is 31.6 Å². The molecule has 0 bridgehead atoms. The van der Waals surface area contributed by atoms with Gasteiger partial charge >= 0.3 is 0 Å². The molecule has 3 aromatic rings. The van der Waals surface area contributed by atoms with Crippen molar-refractivity contribution in [1.82, 2.24) is 5.43 Å². The fraction of sp³-hybridized carbons (Fsp3) is 0. The quantitative estimate of drug-likeness (QED) is 0.415. The summed E-state index contributed by atoms with van der Waals surface area (Å²) in [5, 5.41) is 4.84. The second-order valence-corrected chi connectivity index (χ2v) is 6.68. The third kappa shape index (κ3) is 4.31. The first-order chi connectivity index (χ1) is 12.0. The fourth-order valence-corrected chi connectivity index (χ4v) is 2.85. The first-order valence-corrected chi connectivity index (χ1v) is 8.72. The Balaban J connectivity index is 1.69. The summed E-state index contributed by atoms with van der Waals surface area (Å²) < 4.78 is 6.36. The van der Waals surface area contributed by atoms with Gasteiger partial charge in [-0.2, -0.15) is 5.10 Å². The predicted octanol–water partition coefficient (Wildman–Crippen LogP) is 5.78. The summed E-state index contributed by atoms with van der Waals surface area (Å²) >= 11 is 15.2. The minimum absolute atomic E-state index is 0.319. The molecule has 4 nitrogen and oxygen atoms in total. The smallest absolute Gasteiger partial charge is 0.272 e. The van der Waals surface area contributed by atoms with Crippen LogP contribution in [0.3, 0.4) is 0 Å². The van der Waals surface area contributed by atoms with Crippen LogP contribution in [0.25, 0.3) is 11.3 Å². The van der Waals surface area contributed by atoms with Gasteiger partial charge in [0.1, 0.15) is 11.5 Å². The number of hydrazone groups is 1. The number of carbonyl (C=O) groups excluding carboxylic acids is 1. The van der Waals surface area contributed by atoms with Crippen molar-refractivity contribution in [2.45, 2.75) is 0 Å². The Kier molecular flexibility index (Phi) is 5.58. The van der Waals surface area contributed by atoms with Gasteiger partial charge in [0, 0.05) is 10.0 Å². The van der Waals surface area contributed by atoms with Gasteiger partial charge in [0.05, 0.1) is 21.8 Å².